The molecule has 0 radical (unpaired) electrons. The van der Waals surface area contributed by atoms with E-state index in [4.69, 9.17) is 9.15 Å². The van der Waals surface area contributed by atoms with Crippen molar-refractivity contribution in [3.05, 3.63) is 42.9 Å². The summed E-state index contributed by atoms with van der Waals surface area (Å²) in [6.07, 6.45) is -3.38. The highest BCUT2D eigenvalue weighted by molar-refractivity contribution is 5.75. The number of alkyl halides is 2. The quantitative estimate of drug-likeness (QED) is 0.690. The standard InChI is InChI=1S/C17H20F2N2O6/c1-3-12(22)26-9(2)8-21-16(24)14-10(5-4-6-11(18)19)7-13(23)27-15(14)20-17(21)25/h7,9,11H,3-6,8H2,1-2H3,(H,20,25). The smallest absolute Gasteiger partial charge is 0.337 e. The summed E-state index contributed by atoms with van der Waals surface area (Å²) in [7, 11) is 0. The first kappa shape index (κ1) is 20.5. The van der Waals surface area contributed by atoms with Crippen LogP contribution >= 0.6 is 0 Å². The number of halogens is 2. The van der Waals surface area contributed by atoms with Gasteiger partial charge in [-0.3, -0.25) is 19.1 Å². The SMILES string of the molecule is CCC(=O)OC(C)Cn1c(=O)[nH]c2oc(=O)cc(CCCC(F)F)c2c1=O. The van der Waals surface area contributed by atoms with Crippen molar-refractivity contribution in [1.29, 1.82) is 0 Å². The topological polar surface area (TPSA) is 111 Å². The molecular formula is C17H20F2N2O6. The number of aromatic nitrogens is 2. The Hall–Kier alpha value is -2.78. The van der Waals surface area contributed by atoms with Gasteiger partial charge in [0.05, 0.1) is 6.54 Å². The second-order valence-electron chi connectivity index (χ2n) is 6.08. The third-order valence-electron chi connectivity index (χ3n) is 3.90. The molecule has 0 aliphatic rings. The fraction of sp³-hybridized carbons (Fsp3) is 0.529. The molecule has 10 heteroatoms. The molecular weight excluding hydrogens is 366 g/mol. The van der Waals surface area contributed by atoms with E-state index in [1.807, 2.05) is 0 Å². The van der Waals surface area contributed by atoms with Gasteiger partial charge in [-0.1, -0.05) is 6.92 Å². The summed E-state index contributed by atoms with van der Waals surface area (Å²) >= 11 is 0. The number of H-pyrrole nitrogens is 1. The van der Waals surface area contributed by atoms with Crippen LogP contribution in [0, 0.1) is 0 Å². The highest BCUT2D eigenvalue weighted by Gasteiger charge is 2.18. The van der Waals surface area contributed by atoms with Crippen LogP contribution in [0.2, 0.25) is 0 Å². The van der Waals surface area contributed by atoms with Crippen LogP contribution in [0.3, 0.4) is 0 Å². The first-order chi connectivity index (χ1) is 12.7. The minimum absolute atomic E-state index is 0.0497. The van der Waals surface area contributed by atoms with E-state index < -0.39 is 35.4 Å². The van der Waals surface area contributed by atoms with Gasteiger partial charge >= 0.3 is 17.3 Å². The van der Waals surface area contributed by atoms with Gasteiger partial charge in [-0.15, -0.1) is 0 Å². The summed E-state index contributed by atoms with van der Waals surface area (Å²) in [6, 6.07) is 1.05. The summed E-state index contributed by atoms with van der Waals surface area (Å²) in [5, 5.41) is -0.0579. The van der Waals surface area contributed by atoms with Crippen molar-refractivity contribution >= 4 is 17.1 Å². The van der Waals surface area contributed by atoms with E-state index >= 15 is 0 Å². The van der Waals surface area contributed by atoms with Crippen molar-refractivity contribution < 1.29 is 22.7 Å². The predicted molar refractivity (Wildman–Crippen MR) is 92.2 cm³/mol. The summed E-state index contributed by atoms with van der Waals surface area (Å²) < 4.78 is 35.5. The zero-order valence-electron chi connectivity index (χ0n) is 14.9. The number of carbonyl (C=O) groups is 1. The van der Waals surface area contributed by atoms with E-state index in [1.54, 1.807) is 6.92 Å². The Bertz CT molecular complexity index is 992. The van der Waals surface area contributed by atoms with Crippen LogP contribution in [0.1, 0.15) is 38.7 Å². The molecule has 0 bridgehead atoms. The molecule has 0 saturated heterocycles. The van der Waals surface area contributed by atoms with Gasteiger partial charge in [0.1, 0.15) is 11.5 Å². The maximum atomic E-state index is 12.8. The Morgan fingerprint density at radius 2 is 2.04 bits per heavy atom. The third kappa shape index (κ3) is 5.11. The molecule has 2 heterocycles. The Morgan fingerprint density at radius 3 is 2.67 bits per heavy atom. The molecule has 0 aliphatic carbocycles. The summed E-state index contributed by atoms with van der Waals surface area (Å²) in [6.45, 7) is 2.93. The number of aryl methyl sites for hydroxylation is 1. The molecule has 2 aromatic rings. The van der Waals surface area contributed by atoms with Crippen LogP contribution in [-0.4, -0.2) is 28.0 Å². The van der Waals surface area contributed by atoms with Gasteiger partial charge in [-0.05, 0) is 25.3 Å². The molecule has 2 aromatic heterocycles. The van der Waals surface area contributed by atoms with Crippen molar-refractivity contribution in [3.8, 4) is 0 Å². The number of aromatic amines is 1. The number of hydrogen-bond donors (Lipinski definition) is 1. The van der Waals surface area contributed by atoms with Crippen LogP contribution in [0.5, 0.6) is 0 Å². The minimum atomic E-state index is -2.50. The van der Waals surface area contributed by atoms with Crippen LogP contribution in [0.25, 0.3) is 11.1 Å². The Morgan fingerprint density at radius 1 is 1.33 bits per heavy atom. The molecule has 0 aliphatic heterocycles. The highest BCUT2D eigenvalue weighted by Crippen LogP contribution is 2.14. The number of nitrogens with one attached hydrogen (secondary N) is 1. The summed E-state index contributed by atoms with van der Waals surface area (Å²) in [4.78, 5) is 50.2. The maximum absolute atomic E-state index is 12.8. The molecule has 1 unspecified atom stereocenters. The van der Waals surface area contributed by atoms with Crippen molar-refractivity contribution in [1.82, 2.24) is 9.55 Å². The number of rotatable bonds is 8. The number of carbonyl (C=O) groups excluding carboxylic acids is 1. The average Bonchev–Trinajstić information content (AvgIpc) is 2.57. The normalized spacial score (nSPS) is 12.5. The Labute approximate surface area is 151 Å². The number of ether oxygens (including phenoxy) is 1. The Kier molecular flexibility index (Phi) is 6.65. The molecule has 148 valence electrons. The van der Waals surface area contributed by atoms with Gasteiger partial charge in [-0.25, -0.2) is 18.4 Å². The van der Waals surface area contributed by atoms with Gasteiger partial charge in [0.25, 0.3) is 5.56 Å². The van der Waals surface area contributed by atoms with Crippen LogP contribution in [0.4, 0.5) is 8.78 Å². The van der Waals surface area contributed by atoms with Gasteiger partial charge in [-0.2, -0.15) is 0 Å². The molecule has 0 fully saturated rings. The molecule has 1 atom stereocenters. The van der Waals surface area contributed by atoms with Gasteiger partial charge in [0, 0.05) is 18.9 Å². The van der Waals surface area contributed by atoms with Crippen molar-refractivity contribution in [2.45, 2.75) is 58.6 Å². The van der Waals surface area contributed by atoms with E-state index in [0.29, 0.717) is 0 Å². The third-order valence-corrected chi connectivity index (χ3v) is 3.90. The van der Waals surface area contributed by atoms with Gasteiger partial charge in [0.2, 0.25) is 12.1 Å². The van der Waals surface area contributed by atoms with E-state index in [9.17, 15) is 28.0 Å². The zero-order chi connectivity index (χ0) is 20.1. The molecule has 0 saturated carbocycles. The molecule has 1 N–H and O–H groups in total. The number of esters is 1. The van der Waals surface area contributed by atoms with Crippen molar-refractivity contribution in [3.63, 3.8) is 0 Å². The lowest BCUT2D eigenvalue weighted by Gasteiger charge is -2.14. The van der Waals surface area contributed by atoms with Crippen LogP contribution in [-0.2, 0) is 22.5 Å². The maximum Gasteiger partial charge on any atom is 0.337 e. The molecule has 2 rings (SSSR count). The van der Waals surface area contributed by atoms with Gasteiger partial charge < -0.3 is 9.15 Å². The monoisotopic (exact) mass is 386 g/mol. The van der Waals surface area contributed by atoms with Crippen LogP contribution < -0.4 is 16.9 Å². The van der Waals surface area contributed by atoms with Crippen molar-refractivity contribution in [2.24, 2.45) is 0 Å². The number of nitrogens with zero attached hydrogens (tertiary/aromatic N) is 1. The lowest BCUT2D eigenvalue weighted by Crippen LogP contribution is -2.39. The molecule has 0 amide bonds. The van der Waals surface area contributed by atoms with E-state index in [1.165, 1.54) is 6.92 Å². The molecule has 27 heavy (non-hydrogen) atoms. The second-order valence-corrected chi connectivity index (χ2v) is 6.08. The highest BCUT2D eigenvalue weighted by atomic mass is 19.3. The fourth-order valence-electron chi connectivity index (χ4n) is 2.67. The summed E-state index contributed by atoms with van der Waals surface area (Å²) in [5.41, 5.74) is -2.47. The average molecular weight is 386 g/mol. The van der Waals surface area contributed by atoms with Crippen LogP contribution in [0.15, 0.2) is 24.9 Å². The van der Waals surface area contributed by atoms with Crippen molar-refractivity contribution in [2.75, 3.05) is 0 Å². The lowest BCUT2D eigenvalue weighted by molar-refractivity contribution is -0.148. The molecule has 8 nitrogen and oxygen atoms in total. The number of fused-ring (bicyclic) bond motifs is 1. The largest absolute Gasteiger partial charge is 0.461 e. The summed E-state index contributed by atoms with van der Waals surface area (Å²) in [5.74, 6) is -0.480. The lowest BCUT2D eigenvalue weighted by atomic mass is 10.1. The van der Waals surface area contributed by atoms with Gasteiger partial charge in [0.15, 0.2) is 0 Å². The zero-order valence-corrected chi connectivity index (χ0v) is 14.9. The predicted octanol–water partition coefficient (Wildman–Crippen LogP) is 1.57. The Balaban J connectivity index is 2.47. The van der Waals surface area contributed by atoms with E-state index in [-0.39, 0.29) is 48.9 Å². The second kappa shape index (κ2) is 8.74. The first-order valence-corrected chi connectivity index (χ1v) is 8.50. The minimum Gasteiger partial charge on any atom is -0.461 e. The number of hydrogen-bond acceptors (Lipinski definition) is 6. The molecule has 0 aromatic carbocycles. The molecule has 0 spiro atoms. The first-order valence-electron chi connectivity index (χ1n) is 8.50. The fourth-order valence-corrected chi connectivity index (χ4v) is 2.67. The van der Waals surface area contributed by atoms with E-state index in [2.05, 4.69) is 4.98 Å². The van der Waals surface area contributed by atoms with E-state index in [0.717, 1.165) is 10.6 Å².